The maximum Gasteiger partial charge on any atom is 0.410 e. The van der Waals surface area contributed by atoms with E-state index in [2.05, 4.69) is 21.3 Å². The monoisotopic (exact) mass is 1430 g/mol. The molecule has 0 fully saturated rings. The molecule has 0 spiro atoms. The highest BCUT2D eigenvalue weighted by Crippen LogP contribution is 2.28. The third-order valence-electron chi connectivity index (χ3n) is 18.2. The predicted octanol–water partition coefficient (Wildman–Crippen LogP) is 6.41. The molecule has 0 aliphatic heterocycles. The summed E-state index contributed by atoms with van der Waals surface area (Å²) in [4.78, 5) is 179. The molecule has 5 N–H and O–H groups in total. The fourth-order valence-corrected chi connectivity index (χ4v) is 11.9. The lowest BCUT2D eigenvalue weighted by molar-refractivity contribution is -0.164. The molecule has 0 aromatic carbocycles. The predicted molar refractivity (Wildman–Crippen MR) is 391 cm³/mol. The summed E-state index contributed by atoms with van der Waals surface area (Å²) in [6, 6.07) is -11.2. The summed E-state index contributed by atoms with van der Waals surface area (Å²) in [5.74, 6) is -9.06. The molecule has 0 heterocycles. The Balaban J connectivity index is 7.16. The van der Waals surface area contributed by atoms with Crippen LogP contribution in [0.3, 0.4) is 0 Å². The Morgan fingerprint density at radius 3 is 1.46 bits per heavy atom. The summed E-state index contributed by atoms with van der Waals surface area (Å²) >= 11 is 0. The molecule has 27 heteroatoms. The lowest BCUT2D eigenvalue weighted by Gasteiger charge is -2.42. The van der Waals surface area contributed by atoms with Crippen molar-refractivity contribution in [1.29, 1.82) is 0 Å². The number of aliphatic hydroxyl groups is 1. The van der Waals surface area contributed by atoms with Crippen LogP contribution >= 0.6 is 0 Å². The van der Waals surface area contributed by atoms with E-state index in [1.165, 1.54) is 92.3 Å². The smallest absolute Gasteiger partial charge is 0.410 e. The van der Waals surface area contributed by atoms with E-state index in [-0.39, 0.29) is 80.9 Å². The van der Waals surface area contributed by atoms with Gasteiger partial charge >= 0.3 is 18.0 Å². The summed E-state index contributed by atoms with van der Waals surface area (Å²) in [6.07, 6.45) is 3.66. The quantitative estimate of drug-likeness (QED) is 0.0250. The highest BCUT2D eigenvalue weighted by Gasteiger charge is 2.47. The van der Waals surface area contributed by atoms with Crippen LogP contribution in [0.5, 0.6) is 0 Å². The van der Waals surface area contributed by atoms with Gasteiger partial charge in [0.15, 0.2) is 0 Å². The molecule has 0 aliphatic carbocycles. The first kappa shape index (κ1) is 94.1. The second kappa shape index (κ2) is 43.3. The Morgan fingerprint density at radius 2 is 1.01 bits per heavy atom. The van der Waals surface area contributed by atoms with Gasteiger partial charge < -0.3 is 74.9 Å². The SMILES string of the molecule is C/C=C/C[C@@H](C)[C@@H](OC(C)=O)[C@@H](C(=O)N[C@@H](CC)C(=O)OCCN(C)C(C)=O)N(C)C(=O)[C@H](C(C)C)N(C)C(=O)[C@H](CC(C)C)N(C)C(=O)[C@H](CC(C)C)N(C)C(=O)[C@@H](C)NC(=O)[C@H](C)NC(=O)[C@H](CC(C)C)N(C)C(=O)[C@@H](NC[C@H]([C@H](C)CCC(C)(C)O)N(C)C(=O)OC(C)(C)C)C(C)C. The Morgan fingerprint density at radius 1 is 0.535 bits per heavy atom. The maximum absolute atomic E-state index is 15.3. The Labute approximate surface area is 605 Å². The first-order valence-corrected chi connectivity index (χ1v) is 36.1. The number of hydrogen-bond acceptors (Lipinski definition) is 17. The number of allylic oxidation sites excluding steroid dienone is 2. The van der Waals surface area contributed by atoms with E-state index in [4.69, 9.17) is 14.2 Å². The van der Waals surface area contributed by atoms with Crippen LogP contribution in [0.1, 0.15) is 204 Å². The van der Waals surface area contributed by atoms with Gasteiger partial charge in [0, 0.05) is 75.8 Å². The zero-order valence-corrected chi connectivity index (χ0v) is 67.3. The molecule has 0 unspecified atom stereocenters. The zero-order valence-electron chi connectivity index (χ0n) is 67.3. The van der Waals surface area contributed by atoms with Crippen molar-refractivity contribution in [2.24, 2.45) is 41.4 Å². The first-order valence-electron chi connectivity index (χ1n) is 36.1. The van der Waals surface area contributed by atoms with Crippen molar-refractivity contribution in [1.82, 2.24) is 55.6 Å². The lowest BCUT2D eigenvalue weighted by atomic mass is 9.90. The Bertz CT molecular complexity index is 2740. The van der Waals surface area contributed by atoms with E-state index in [1.54, 1.807) is 89.4 Å². The molecule has 0 saturated heterocycles. The van der Waals surface area contributed by atoms with Crippen LogP contribution in [0.15, 0.2) is 12.2 Å². The van der Waals surface area contributed by atoms with Gasteiger partial charge in [-0.15, -0.1) is 0 Å². The highest BCUT2D eigenvalue weighted by atomic mass is 16.6. The molecule has 27 nitrogen and oxygen atoms in total. The van der Waals surface area contributed by atoms with E-state index in [0.29, 0.717) is 19.3 Å². The van der Waals surface area contributed by atoms with E-state index in [1.807, 2.05) is 68.4 Å². The third kappa shape index (κ3) is 31.3. The van der Waals surface area contributed by atoms with Crippen LogP contribution in [0.2, 0.25) is 0 Å². The zero-order chi connectivity index (χ0) is 78.8. The van der Waals surface area contributed by atoms with E-state index in [0.717, 1.165) is 4.90 Å². The number of amides is 10. The van der Waals surface area contributed by atoms with Gasteiger partial charge in [0.1, 0.15) is 66.6 Å². The number of nitrogens with zero attached hydrogens (tertiary/aromatic N) is 7. The van der Waals surface area contributed by atoms with Crippen molar-refractivity contribution >= 4 is 71.2 Å². The number of rotatable bonds is 42. The highest BCUT2D eigenvalue weighted by molar-refractivity contribution is 5.98. The van der Waals surface area contributed by atoms with Crippen LogP contribution < -0.4 is 21.3 Å². The largest absolute Gasteiger partial charge is 0.462 e. The van der Waals surface area contributed by atoms with Gasteiger partial charge in [-0.25, -0.2) is 9.59 Å². The van der Waals surface area contributed by atoms with Crippen LogP contribution in [0.25, 0.3) is 0 Å². The molecule has 0 aromatic heterocycles. The summed E-state index contributed by atoms with van der Waals surface area (Å²) in [5.41, 5.74) is -1.72. The van der Waals surface area contributed by atoms with E-state index in [9.17, 15) is 48.3 Å². The average Bonchev–Trinajstić information content (AvgIpc) is 0.801. The molecule has 13 atom stereocenters. The van der Waals surface area contributed by atoms with Gasteiger partial charge in [0.25, 0.3) is 0 Å². The minimum absolute atomic E-state index is 0.0667. The lowest BCUT2D eigenvalue weighted by Crippen LogP contribution is -2.63. The fourth-order valence-electron chi connectivity index (χ4n) is 11.9. The number of carbonyl (C=O) groups is 12. The van der Waals surface area contributed by atoms with Crippen molar-refractivity contribution < 1.29 is 76.9 Å². The van der Waals surface area contributed by atoms with Crippen LogP contribution in [-0.4, -0.2) is 257 Å². The normalized spacial score (nSPS) is 15.9. The Hall–Kier alpha value is -6.90. The summed E-state index contributed by atoms with van der Waals surface area (Å²) in [7, 11) is 10.4. The van der Waals surface area contributed by atoms with E-state index < -0.39 is 155 Å². The molecule has 582 valence electrons. The number of nitrogens with one attached hydrogen (secondary N) is 4. The van der Waals surface area contributed by atoms with Crippen molar-refractivity contribution in [2.45, 2.75) is 282 Å². The van der Waals surface area contributed by atoms with Crippen LogP contribution in [-0.2, 0) is 67.0 Å². The molecular formula is C74H135N11O16. The molecule has 0 bridgehead atoms. The van der Waals surface area contributed by atoms with Gasteiger partial charge in [-0.1, -0.05) is 102 Å². The first-order chi connectivity index (χ1) is 46.3. The van der Waals surface area contributed by atoms with Crippen molar-refractivity contribution in [3.8, 4) is 0 Å². The Kier molecular flexibility index (Phi) is 40.3. The van der Waals surface area contributed by atoms with Gasteiger partial charge in [0.05, 0.1) is 18.2 Å². The number of hydrogen-bond donors (Lipinski definition) is 5. The van der Waals surface area contributed by atoms with Gasteiger partial charge in [-0.05, 0) is 142 Å². The fraction of sp³-hybridized carbons (Fsp3) is 0.811. The van der Waals surface area contributed by atoms with Crippen LogP contribution in [0, 0.1) is 41.4 Å². The summed E-state index contributed by atoms with van der Waals surface area (Å²) in [6.45, 7) is 39.9. The topological polar surface area (TPSA) is 324 Å². The molecule has 0 aromatic rings. The number of likely N-dealkylation sites (N-methyl/N-ethyl adjacent to an activating group) is 7. The summed E-state index contributed by atoms with van der Waals surface area (Å²) < 4.78 is 17.0. The van der Waals surface area contributed by atoms with Crippen molar-refractivity contribution in [3.05, 3.63) is 12.2 Å². The van der Waals surface area contributed by atoms with Crippen LogP contribution in [0.4, 0.5) is 4.79 Å². The van der Waals surface area contributed by atoms with Gasteiger partial charge in [0.2, 0.25) is 53.2 Å². The standard InChI is InChI=1S/C74H135N11O16/c1-31-33-34-49(14)62(100-53(18)87)61(65(90)78-54(32-2)71(96)99-38-37-79(24)52(17)86)85(30)70(95)60(47(11)12)84(29)68(93)57(41-45(7)8)82(27)67(92)56(40-44(5)6)81(26)66(91)51(16)77-63(88)50(15)76-64(89)55(39-43(3)4)80(25)69(94)59(46(9)10)75-42-58(48(13)35-36-74(22,23)98)83(28)72(97)101-73(19,20)21/h31,33,43-51,54-62,75,98H,32,34-42H2,1-30H3,(H,76,89)(H,77,88)(H,78,90)/b33-31+/t48-,49-,50+,51-,54+,55+,56+,57+,58-,59+,60+,61+,62-/m1/s1. The molecule has 101 heavy (non-hydrogen) atoms. The molecule has 0 radical (unpaired) electrons. The van der Waals surface area contributed by atoms with Crippen molar-refractivity contribution in [2.75, 3.05) is 69.0 Å². The maximum atomic E-state index is 15.3. The second-order valence-electron chi connectivity index (χ2n) is 31.3. The molecule has 0 rings (SSSR count). The van der Waals surface area contributed by atoms with E-state index >= 15 is 14.4 Å². The van der Waals surface area contributed by atoms with Gasteiger partial charge in [-0.3, -0.25) is 47.9 Å². The second-order valence-corrected chi connectivity index (χ2v) is 31.3. The molecule has 0 saturated carbocycles. The summed E-state index contributed by atoms with van der Waals surface area (Å²) in [5, 5.41) is 22.2. The number of carbonyl (C=O) groups excluding carboxylic acids is 12. The number of ether oxygens (including phenoxy) is 3. The number of esters is 2. The van der Waals surface area contributed by atoms with Crippen molar-refractivity contribution in [3.63, 3.8) is 0 Å². The minimum atomic E-state index is -1.56. The minimum Gasteiger partial charge on any atom is -0.462 e. The van der Waals surface area contributed by atoms with Gasteiger partial charge in [-0.2, -0.15) is 0 Å². The average molecular weight is 1430 g/mol. The molecule has 10 amide bonds. The molecular weight excluding hydrogens is 1300 g/mol. The molecule has 0 aliphatic rings. The third-order valence-corrected chi connectivity index (χ3v) is 18.2.